The Labute approximate surface area is 171 Å². The molecule has 2 aromatic carbocycles. The Hall–Kier alpha value is -3.07. The van der Waals surface area contributed by atoms with E-state index in [9.17, 15) is 15.0 Å². The first kappa shape index (κ1) is 19.3. The molecule has 0 saturated carbocycles. The van der Waals surface area contributed by atoms with Gasteiger partial charge in [0.15, 0.2) is 6.10 Å². The highest BCUT2D eigenvalue weighted by molar-refractivity contribution is 7.18. The molecule has 4 rings (SSSR count). The Morgan fingerprint density at radius 2 is 1.86 bits per heavy atom. The summed E-state index contributed by atoms with van der Waals surface area (Å²) in [7, 11) is 0. The van der Waals surface area contributed by atoms with E-state index in [2.05, 4.69) is 15.3 Å². The number of aromatic nitrogens is 3. The van der Waals surface area contributed by atoms with Crippen LogP contribution in [0.1, 0.15) is 22.2 Å². The Bertz CT molecular complexity index is 1060. The fourth-order valence-electron chi connectivity index (χ4n) is 2.94. The van der Waals surface area contributed by atoms with Gasteiger partial charge in [0.2, 0.25) is 0 Å². The molecular formula is C21H20N4O3S. The first-order valence-corrected chi connectivity index (χ1v) is 9.94. The summed E-state index contributed by atoms with van der Waals surface area (Å²) in [6.45, 7) is 0.980. The maximum atomic E-state index is 12.3. The lowest BCUT2D eigenvalue weighted by Crippen LogP contribution is -2.38. The number of hydrogen-bond donors (Lipinski definition) is 3. The average molecular weight is 408 g/mol. The number of imidazole rings is 1. The van der Waals surface area contributed by atoms with Crippen LogP contribution in [0.4, 0.5) is 0 Å². The van der Waals surface area contributed by atoms with Gasteiger partial charge in [0.25, 0.3) is 5.91 Å². The van der Waals surface area contributed by atoms with Gasteiger partial charge >= 0.3 is 0 Å². The van der Waals surface area contributed by atoms with Gasteiger partial charge in [0.1, 0.15) is 11.1 Å². The van der Waals surface area contributed by atoms with Crippen LogP contribution in [0.15, 0.2) is 67.3 Å². The van der Waals surface area contributed by atoms with Crippen molar-refractivity contribution in [3.05, 3.63) is 83.4 Å². The second-order valence-corrected chi connectivity index (χ2v) is 7.74. The summed E-state index contributed by atoms with van der Waals surface area (Å²) in [6.07, 6.45) is 2.43. The maximum absolute atomic E-state index is 12.3. The summed E-state index contributed by atoms with van der Waals surface area (Å²) < 4.78 is 2.86. The zero-order valence-electron chi connectivity index (χ0n) is 15.5. The molecule has 0 fully saturated rings. The van der Waals surface area contributed by atoms with Crippen molar-refractivity contribution in [2.24, 2.45) is 0 Å². The number of aliphatic hydroxyl groups excluding tert-OH is 2. The van der Waals surface area contributed by atoms with Crippen molar-refractivity contribution in [2.75, 3.05) is 0 Å². The van der Waals surface area contributed by atoms with E-state index in [1.807, 2.05) is 59.3 Å². The SMILES string of the molecule is O=C(NCc1ccc(Cn2ccnc2)cc1)C(O)C(O)c1nc2ccccc2s1. The number of hydrogen-bond acceptors (Lipinski definition) is 6. The Balaban J connectivity index is 1.33. The monoisotopic (exact) mass is 408 g/mol. The summed E-state index contributed by atoms with van der Waals surface area (Å²) in [5.41, 5.74) is 2.74. The predicted octanol–water partition coefficient (Wildman–Crippen LogP) is 2.25. The molecule has 0 spiro atoms. The molecule has 2 unspecified atom stereocenters. The number of nitrogens with zero attached hydrogens (tertiary/aromatic N) is 3. The van der Waals surface area contributed by atoms with Gasteiger partial charge in [-0.05, 0) is 23.3 Å². The smallest absolute Gasteiger partial charge is 0.252 e. The molecule has 7 nitrogen and oxygen atoms in total. The maximum Gasteiger partial charge on any atom is 0.252 e. The van der Waals surface area contributed by atoms with Crippen molar-refractivity contribution in [3.63, 3.8) is 0 Å². The first-order valence-electron chi connectivity index (χ1n) is 9.13. The molecule has 4 aromatic rings. The number of rotatable bonds is 7. The Morgan fingerprint density at radius 1 is 1.10 bits per heavy atom. The third kappa shape index (κ3) is 4.51. The third-order valence-electron chi connectivity index (χ3n) is 4.55. The lowest BCUT2D eigenvalue weighted by atomic mass is 10.1. The number of para-hydroxylation sites is 1. The second-order valence-electron chi connectivity index (χ2n) is 6.68. The molecule has 0 saturated heterocycles. The number of nitrogens with one attached hydrogen (secondary N) is 1. The van der Waals surface area contributed by atoms with Gasteiger partial charge in [0.05, 0.1) is 16.5 Å². The van der Waals surface area contributed by atoms with E-state index in [0.29, 0.717) is 5.01 Å². The van der Waals surface area contributed by atoms with E-state index in [4.69, 9.17) is 0 Å². The molecule has 1 amide bonds. The number of fused-ring (bicyclic) bond motifs is 1. The van der Waals surface area contributed by atoms with Crippen molar-refractivity contribution in [2.45, 2.75) is 25.3 Å². The van der Waals surface area contributed by atoms with Gasteiger partial charge in [-0.2, -0.15) is 0 Å². The minimum atomic E-state index is -1.59. The van der Waals surface area contributed by atoms with Crippen molar-refractivity contribution in [1.29, 1.82) is 0 Å². The van der Waals surface area contributed by atoms with Gasteiger partial charge in [-0.3, -0.25) is 4.79 Å². The lowest BCUT2D eigenvalue weighted by molar-refractivity contribution is -0.135. The molecule has 0 aliphatic carbocycles. The minimum absolute atomic E-state index is 0.258. The van der Waals surface area contributed by atoms with Crippen LogP contribution in [0.2, 0.25) is 0 Å². The normalized spacial score (nSPS) is 13.3. The molecule has 0 radical (unpaired) electrons. The van der Waals surface area contributed by atoms with E-state index in [1.54, 1.807) is 12.5 Å². The van der Waals surface area contributed by atoms with Crippen molar-refractivity contribution < 1.29 is 15.0 Å². The molecule has 2 atom stereocenters. The standard InChI is InChI=1S/C21H20N4O3S/c26-18(19(27)21-24-16-3-1-2-4-17(16)29-21)20(28)23-11-14-5-7-15(8-6-14)12-25-10-9-22-13-25/h1-10,13,18-19,26-27H,11-12H2,(H,23,28). The number of thiazole rings is 1. The summed E-state index contributed by atoms with van der Waals surface area (Å²) in [5.74, 6) is -0.640. The van der Waals surface area contributed by atoms with Gasteiger partial charge in [-0.25, -0.2) is 9.97 Å². The zero-order chi connectivity index (χ0) is 20.2. The van der Waals surface area contributed by atoms with Crippen LogP contribution in [0.25, 0.3) is 10.2 Å². The van der Waals surface area contributed by atoms with E-state index in [0.717, 1.165) is 27.9 Å². The Morgan fingerprint density at radius 3 is 2.59 bits per heavy atom. The second kappa shape index (κ2) is 8.52. The van der Waals surface area contributed by atoms with E-state index < -0.39 is 18.1 Å². The van der Waals surface area contributed by atoms with Gasteiger partial charge in [-0.1, -0.05) is 36.4 Å². The van der Waals surface area contributed by atoms with Crippen LogP contribution in [-0.4, -0.2) is 36.8 Å². The van der Waals surface area contributed by atoms with E-state index in [1.165, 1.54) is 11.3 Å². The minimum Gasteiger partial charge on any atom is -0.383 e. The molecule has 0 aliphatic heterocycles. The van der Waals surface area contributed by atoms with Gasteiger partial charge in [0, 0.05) is 25.5 Å². The number of carbonyl (C=O) groups excluding carboxylic acids is 1. The summed E-state index contributed by atoms with van der Waals surface area (Å²) in [6, 6.07) is 15.2. The Kier molecular flexibility index (Phi) is 5.66. The molecule has 0 bridgehead atoms. The van der Waals surface area contributed by atoms with Crippen molar-refractivity contribution in [3.8, 4) is 0 Å². The molecule has 2 aromatic heterocycles. The van der Waals surface area contributed by atoms with Crippen LogP contribution in [0.3, 0.4) is 0 Å². The van der Waals surface area contributed by atoms with Crippen LogP contribution >= 0.6 is 11.3 Å². The fraction of sp³-hybridized carbons (Fsp3) is 0.190. The number of aliphatic hydroxyl groups is 2. The van der Waals surface area contributed by atoms with E-state index >= 15 is 0 Å². The van der Waals surface area contributed by atoms with Gasteiger partial charge in [-0.15, -0.1) is 11.3 Å². The van der Waals surface area contributed by atoms with Crippen LogP contribution in [0, 0.1) is 0 Å². The molecule has 8 heteroatoms. The van der Waals surface area contributed by atoms with E-state index in [-0.39, 0.29) is 6.54 Å². The number of benzene rings is 2. The quantitative estimate of drug-likeness (QED) is 0.436. The topological polar surface area (TPSA) is 100 Å². The van der Waals surface area contributed by atoms with Crippen LogP contribution in [0.5, 0.6) is 0 Å². The predicted molar refractivity (Wildman–Crippen MR) is 110 cm³/mol. The van der Waals surface area contributed by atoms with Crippen LogP contribution < -0.4 is 5.32 Å². The summed E-state index contributed by atoms with van der Waals surface area (Å²) in [5, 5.41) is 23.6. The summed E-state index contributed by atoms with van der Waals surface area (Å²) in [4.78, 5) is 20.6. The van der Waals surface area contributed by atoms with Crippen molar-refractivity contribution >= 4 is 27.5 Å². The molecule has 29 heavy (non-hydrogen) atoms. The fourth-order valence-corrected chi connectivity index (χ4v) is 3.93. The molecule has 2 heterocycles. The largest absolute Gasteiger partial charge is 0.383 e. The molecule has 148 valence electrons. The summed E-state index contributed by atoms with van der Waals surface area (Å²) >= 11 is 1.26. The van der Waals surface area contributed by atoms with Crippen LogP contribution in [-0.2, 0) is 17.9 Å². The van der Waals surface area contributed by atoms with Crippen molar-refractivity contribution in [1.82, 2.24) is 19.9 Å². The first-order chi connectivity index (χ1) is 14.1. The molecule has 3 N–H and O–H groups in total. The highest BCUT2D eigenvalue weighted by Crippen LogP contribution is 2.28. The third-order valence-corrected chi connectivity index (χ3v) is 5.65. The average Bonchev–Trinajstić information content (AvgIpc) is 3.41. The highest BCUT2D eigenvalue weighted by atomic mass is 32.1. The molecule has 0 aliphatic rings. The van der Waals surface area contributed by atoms with Gasteiger partial charge < -0.3 is 20.1 Å². The highest BCUT2D eigenvalue weighted by Gasteiger charge is 2.28. The lowest BCUT2D eigenvalue weighted by Gasteiger charge is -2.15. The molecular weight excluding hydrogens is 388 g/mol. The number of amides is 1. The zero-order valence-corrected chi connectivity index (χ0v) is 16.3. The number of carbonyl (C=O) groups is 1.